The third kappa shape index (κ3) is 2.99. The van der Waals surface area contributed by atoms with E-state index in [1.807, 2.05) is 29.8 Å². The van der Waals surface area contributed by atoms with Crippen molar-refractivity contribution in [3.8, 4) is 11.5 Å². The van der Waals surface area contributed by atoms with E-state index in [4.69, 9.17) is 4.74 Å². The minimum atomic E-state index is 0.153. The SMILES string of the molecule is CCn1nc(C)cc1NCc1ccc(O)c(OC)c1. The fourth-order valence-corrected chi connectivity index (χ4v) is 1.95. The van der Waals surface area contributed by atoms with Crippen molar-refractivity contribution >= 4 is 5.82 Å². The van der Waals surface area contributed by atoms with Crippen molar-refractivity contribution in [3.05, 3.63) is 35.5 Å². The van der Waals surface area contributed by atoms with Crippen LogP contribution in [0.25, 0.3) is 0 Å². The van der Waals surface area contributed by atoms with Crippen LogP contribution in [0.4, 0.5) is 5.82 Å². The standard InChI is InChI=1S/C14H19N3O2/c1-4-17-14(7-10(2)16-17)15-9-11-5-6-12(18)13(8-11)19-3/h5-8,15,18H,4,9H2,1-3H3. The van der Waals surface area contributed by atoms with E-state index in [2.05, 4.69) is 17.3 Å². The van der Waals surface area contributed by atoms with Gasteiger partial charge in [0.25, 0.3) is 0 Å². The molecule has 1 aromatic carbocycles. The number of aromatic nitrogens is 2. The molecule has 102 valence electrons. The summed E-state index contributed by atoms with van der Waals surface area (Å²) in [6.07, 6.45) is 0. The van der Waals surface area contributed by atoms with Gasteiger partial charge in [-0.3, -0.25) is 0 Å². The molecule has 0 bridgehead atoms. The van der Waals surface area contributed by atoms with Crippen LogP contribution < -0.4 is 10.1 Å². The van der Waals surface area contributed by atoms with Crippen LogP contribution in [-0.4, -0.2) is 22.0 Å². The molecular weight excluding hydrogens is 242 g/mol. The normalized spacial score (nSPS) is 10.5. The number of aryl methyl sites for hydroxylation is 2. The predicted octanol–water partition coefficient (Wildman–Crippen LogP) is 2.54. The maximum atomic E-state index is 9.55. The average Bonchev–Trinajstić information content (AvgIpc) is 2.78. The number of benzene rings is 1. The van der Waals surface area contributed by atoms with E-state index in [0.29, 0.717) is 12.3 Å². The number of rotatable bonds is 5. The Bertz CT molecular complexity index is 564. The zero-order valence-corrected chi connectivity index (χ0v) is 11.5. The van der Waals surface area contributed by atoms with E-state index >= 15 is 0 Å². The molecule has 2 aromatic rings. The van der Waals surface area contributed by atoms with E-state index in [9.17, 15) is 5.11 Å². The summed E-state index contributed by atoms with van der Waals surface area (Å²) in [5, 5.41) is 17.3. The molecule has 2 N–H and O–H groups in total. The van der Waals surface area contributed by atoms with Crippen LogP contribution in [0.3, 0.4) is 0 Å². The van der Waals surface area contributed by atoms with Crippen LogP contribution in [0.1, 0.15) is 18.2 Å². The molecule has 0 amide bonds. The molecule has 0 fully saturated rings. The smallest absolute Gasteiger partial charge is 0.160 e. The largest absolute Gasteiger partial charge is 0.504 e. The molecule has 5 nitrogen and oxygen atoms in total. The van der Waals surface area contributed by atoms with Gasteiger partial charge in [0.05, 0.1) is 12.8 Å². The molecule has 2 rings (SSSR count). The van der Waals surface area contributed by atoms with Crippen molar-refractivity contribution in [2.24, 2.45) is 0 Å². The number of anilines is 1. The van der Waals surface area contributed by atoms with Gasteiger partial charge in [-0.05, 0) is 31.5 Å². The molecule has 1 aromatic heterocycles. The van der Waals surface area contributed by atoms with E-state index in [-0.39, 0.29) is 5.75 Å². The number of nitrogens with one attached hydrogen (secondary N) is 1. The summed E-state index contributed by atoms with van der Waals surface area (Å²) in [4.78, 5) is 0. The molecule has 0 aliphatic rings. The highest BCUT2D eigenvalue weighted by molar-refractivity contribution is 5.44. The number of phenols is 1. The Morgan fingerprint density at radius 2 is 2.16 bits per heavy atom. The molecular formula is C14H19N3O2. The molecule has 0 saturated carbocycles. The lowest BCUT2D eigenvalue weighted by Crippen LogP contribution is -2.06. The summed E-state index contributed by atoms with van der Waals surface area (Å²) >= 11 is 0. The summed E-state index contributed by atoms with van der Waals surface area (Å²) < 4.78 is 7.01. The van der Waals surface area contributed by atoms with Gasteiger partial charge in [0.15, 0.2) is 11.5 Å². The summed E-state index contributed by atoms with van der Waals surface area (Å²) in [5.74, 6) is 1.63. The highest BCUT2D eigenvalue weighted by Crippen LogP contribution is 2.26. The topological polar surface area (TPSA) is 59.3 Å². The van der Waals surface area contributed by atoms with Crippen LogP contribution in [-0.2, 0) is 13.1 Å². The van der Waals surface area contributed by atoms with Gasteiger partial charge >= 0.3 is 0 Å². The third-order valence-electron chi connectivity index (χ3n) is 2.92. The maximum Gasteiger partial charge on any atom is 0.160 e. The molecule has 0 aliphatic heterocycles. The van der Waals surface area contributed by atoms with Crippen molar-refractivity contribution in [3.63, 3.8) is 0 Å². The minimum absolute atomic E-state index is 0.153. The Morgan fingerprint density at radius 3 is 2.84 bits per heavy atom. The number of ether oxygens (including phenoxy) is 1. The van der Waals surface area contributed by atoms with E-state index in [1.54, 1.807) is 13.2 Å². The van der Waals surface area contributed by atoms with Gasteiger partial charge in [-0.15, -0.1) is 0 Å². The van der Waals surface area contributed by atoms with Gasteiger partial charge in [-0.25, -0.2) is 4.68 Å². The predicted molar refractivity (Wildman–Crippen MR) is 74.6 cm³/mol. The van der Waals surface area contributed by atoms with Crippen molar-refractivity contribution in [2.75, 3.05) is 12.4 Å². The monoisotopic (exact) mass is 261 g/mol. The molecule has 0 radical (unpaired) electrons. The second-order valence-corrected chi connectivity index (χ2v) is 4.35. The molecule has 0 saturated heterocycles. The van der Waals surface area contributed by atoms with E-state index in [0.717, 1.165) is 23.6 Å². The van der Waals surface area contributed by atoms with Crippen LogP contribution in [0.5, 0.6) is 11.5 Å². The van der Waals surface area contributed by atoms with E-state index < -0.39 is 0 Å². The maximum absolute atomic E-state index is 9.55. The molecule has 1 heterocycles. The van der Waals surface area contributed by atoms with Gasteiger partial charge in [-0.1, -0.05) is 6.07 Å². The van der Waals surface area contributed by atoms with Gasteiger partial charge in [0, 0.05) is 19.2 Å². The molecule has 0 aliphatic carbocycles. The Hall–Kier alpha value is -2.17. The Morgan fingerprint density at radius 1 is 1.37 bits per heavy atom. The van der Waals surface area contributed by atoms with Crippen molar-refractivity contribution in [1.82, 2.24) is 9.78 Å². The second kappa shape index (κ2) is 5.65. The number of nitrogens with zero attached hydrogens (tertiary/aromatic N) is 2. The number of methoxy groups -OCH3 is 1. The zero-order valence-electron chi connectivity index (χ0n) is 11.5. The van der Waals surface area contributed by atoms with Gasteiger partial charge in [0.2, 0.25) is 0 Å². The van der Waals surface area contributed by atoms with Crippen LogP contribution in [0, 0.1) is 6.92 Å². The lowest BCUT2D eigenvalue weighted by atomic mass is 10.2. The molecule has 0 atom stereocenters. The highest BCUT2D eigenvalue weighted by atomic mass is 16.5. The molecule has 5 heteroatoms. The number of hydrogen-bond donors (Lipinski definition) is 2. The quantitative estimate of drug-likeness (QED) is 0.868. The Kier molecular flexibility index (Phi) is 3.94. The van der Waals surface area contributed by atoms with Gasteiger partial charge < -0.3 is 15.2 Å². The fraction of sp³-hybridized carbons (Fsp3) is 0.357. The average molecular weight is 261 g/mol. The summed E-state index contributed by atoms with van der Waals surface area (Å²) in [6.45, 7) is 5.51. The summed E-state index contributed by atoms with van der Waals surface area (Å²) in [6, 6.07) is 7.34. The number of aromatic hydroxyl groups is 1. The molecule has 0 unspecified atom stereocenters. The van der Waals surface area contributed by atoms with Crippen LogP contribution >= 0.6 is 0 Å². The minimum Gasteiger partial charge on any atom is -0.504 e. The Balaban J connectivity index is 2.09. The fourth-order valence-electron chi connectivity index (χ4n) is 1.95. The number of hydrogen-bond acceptors (Lipinski definition) is 4. The lowest BCUT2D eigenvalue weighted by Gasteiger charge is -2.10. The lowest BCUT2D eigenvalue weighted by molar-refractivity contribution is 0.373. The van der Waals surface area contributed by atoms with Crippen molar-refractivity contribution in [2.45, 2.75) is 26.9 Å². The summed E-state index contributed by atoms with van der Waals surface area (Å²) in [5.41, 5.74) is 2.03. The first-order valence-corrected chi connectivity index (χ1v) is 6.28. The first kappa shape index (κ1) is 13.3. The van der Waals surface area contributed by atoms with Gasteiger partial charge in [0.1, 0.15) is 5.82 Å². The van der Waals surface area contributed by atoms with Gasteiger partial charge in [-0.2, -0.15) is 5.10 Å². The molecule has 19 heavy (non-hydrogen) atoms. The van der Waals surface area contributed by atoms with Crippen molar-refractivity contribution in [1.29, 1.82) is 0 Å². The first-order valence-electron chi connectivity index (χ1n) is 6.28. The Labute approximate surface area is 112 Å². The summed E-state index contributed by atoms with van der Waals surface area (Å²) in [7, 11) is 1.54. The highest BCUT2D eigenvalue weighted by Gasteiger charge is 2.05. The molecule has 0 spiro atoms. The van der Waals surface area contributed by atoms with Crippen LogP contribution in [0.15, 0.2) is 24.3 Å². The zero-order chi connectivity index (χ0) is 13.8. The second-order valence-electron chi connectivity index (χ2n) is 4.35. The number of phenolic OH excluding ortho intramolecular Hbond substituents is 1. The first-order chi connectivity index (χ1) is 9.13. The van der Waals surface area contributed by atoms with E-state index in [1.165, 1.54) is 0 Å². The third-order valence-corrected chi connectivity index (χ3v) is 2.92. The van der Waals surface area contributed by atoms with Crippen molar-refractivity contribution < 1.29 is 9.84 Å². The van der Waals surface area contributed by atoms with Crippen LogP contribution in [0.2, 0.25) is 0 Å².